The van der Waals surface area contributed by atoms with Gasteiger partial charge in [0, 0.05) is 18.9 Å². The molecule has 0 radical (unpaired) electrons. The fourth-order valence-electron chi connectivity index (χ4n) is 3.31. The number of para-hydroxylation sites is 1. The minimum Gasteiger partial charge on any atom is -0.282 e. The fourth-order valence-corrected chi connectivity index (χ4v) is 3.31. The minimum atomic E-state index is -0.373. The number of imide groups is 1. The van der Waals surface area contributed by atoms with Crippen LogP contribution in [0.4, 0.5) is 11.4 Å². The predicted molar refractivity (Wildman–Crippen MR) is 116 cm³/mol. The standard InChI is InChI=1S/C24H19N3O3/c1-16-9-5-4-8-14-27(18-10-6-3-7-11-18)24(30)21(16)25-17-12-13-19-20(15-17)23(29)26(2)22(19)28/h3-15H,1-2H3/b5-4-,14-8+,16-9+,25-21?. The van der Waals surface area contributed by atoms with E-state index in [9.17, 15) is 14.4 Å². The van der Waals surface area contributed by atoms with Crippen LogP contribution in [0.5, 0.6) is 0 Å². The molecule has 0 saturated heterocycles. The molecule has 2 aliphatic heterocycles. The molecule has 2 aromatic rings. The van der Waals surface area contributed by atoms with Crippen molar-refractivity contribution < 1.29 is 14.4 Å². The van der Waals surface area contributed by atoms with Crippen LogP contribution < -0.4 is 4.90 Å². The van der Waals surface area contributed by atoms with Gasteiger partial charge in [-0.15, -0.1) is 0 Å². The summed E-state index contributed by atoms with van der Waals surface area (Å²) in [6.07, 6.45) is 8.96. The Morgan fingerprint density at radius 2 is 1.53 bits per heavy atom. The van der Waals surface area contributed by atoms with Gasteiger partial charge in [0.25, 0.3) is 17.7 Å². The summed E-state index contributed by atoms with van der Waals surface area (Å²) < 4.78 is 0. The molecule has 6 nitrogen and oxygen atoms in total. The lowest BCUT2D eigenvalue weighted by Crippen LogP contribution is -2.33. The van der Waals surface area contributed by atoms with Crippen LogP contribution in [0.3, 0.4) is 0 Å². The van der Waals surface area contributed by atoms with Gasteiger partial charge in [0.1, 0.15) is 5.71 Å². The first-order valence-electron chi connectivity index (χ1n) is 9.43. The van der Waals surface area contributed by atoms with Gasteiger partial charge in [-0.3, -0.25) is 24.2 Å². The maximum Gasteiger partial charge on any atom is 0.281 e. The average molecular weight is 397 g/mol. The highest BCUT2D eigenvalue weighted by molar-refractivity contribution is 6.50. The van der Waals surface area contributed by atoms with Crippen LogP contribution in [0.25, 0.3) is 0 Å². The zero-order valence-electron chi connectivity index (χ0n) is 16.6. The van der Waals surface area contributed by atoms with E-state index < -0.39 is 0 Å². The Bertz CT molecular complexity index is 1170. The van der Waals surface area contributed by atoms with Gasteiger partial charge in [-0.2, -0.15) is 0 Å². The first-order valence-corrected chi connectivity index (χ1v) is 9.43. The third-order valence-electron chi connectivity index (χ3n) is 4.95. The van der Waals surface area contributed by atoms with Crippen LogP contribution in [0, 0.1) is 0 Å². The number of nitrogens with zero attached hydrogens (tertiary/aromatic N) is 3. The van der Waals surface area contributed by atoms with Crippen molar-refractivity contribution in [2.24, 2.45) is 4.99 Å². The summed E-state index contributed by atoms with van der Waals surface area (Å²) in [6.45, 7) is 1.81. The van der Waals surface area contributed by atoms with E-state index in [1.807, 2.05) is 55.5 Å². The average Bonchev–Trinajstić information content (AvgIpc) is 3.01. The number of allylic oxidation sites excluding steroid dienone is 4. The molecule has 0 unspecified atom stereocenters. The zero-order chi connectivity index (χ0) is 21.3. The van der Waals surface area contributed by atoms with Gasteiger partial charge in [-0.05, 0) is 48.9 Å². The van der Waals surface area contributed by atoms with Crippen molar-refractivity contribution in [2.75, 3.05) is 11.9 Å². The predicted octanol–water partition coefficient (Wildman–Crippen LogP) is 4.05. The number of rotatable bonds is 2. The second kappa shape index (κ2) is 7.75. The van der Waals surface area contributed by atoms with E-state index in [-0.39, 0.29) is 23.4 Å². The summed E-state index contributed by atoms with van der Waals surface area (Å²) in [5.41, 5.74) is 2.71. The van der Waals surface area contributed by atoms with Crippen molar-refractivity contribution in [3.63, 3.8) is 0 Å². The Kier molecular flexibility index (Phi) is 4.98. The second-order valence-electron chi connectivity index (χ2n) is 6.95. The molecule has 0 bridgehead atoms. The number of benzene rings is 2. The number of hydrogen-bond acceptors (Lipinski definition) is 4. The number of aliphatic imine (C=N–C) groups is 1. The van der Waals surface area contributed by atoms with Gasteiger partial charge in [0.05, 0.1) is 16.8 Å². The van der Waals surface area contributed by atoms with E-state index in [1.54, 1.807) is 30.5 Å². The van der Waals surface area contributed by atoms with Crippen LogP contribution in [0.1, 0.15) is 27.6 Å². The van der Waals surface area contributed by atoms with Gasteiger partial charge in [-0.25, -0.2) is 4.99 Å². The molecule has 6 heteroatoms. The summed E-state index contributed by atoms with van der Waals surface area (Å²) in [7, 11) is 1.45. The molecule has 2 aromatic carbocycles. The fraction of sp³-hybridized carbons (Fsp3) is 0.0833. The molecule has 0 aliphatic carbocycles. The van der Waals surface area contributed by atoms with E-state index in [1.165, 1.54) is 11.9 Å². The van der Waals surface area contributed by atoms with Crippen molar-refractivity contribution in [1.82, 2.24) is 4.90 Å². The molecule has 0 fully saturated rings. The molecule has 30 heavy (non-hydrogen) atoms. The second-order valence-corrected chi connectivity index (χ2v) is 6.95. The summed E-state index contributed by atoms with van der Waals surface area (Å²) in [5, 5.41) is 0. The molecule has 0 N–H and O–H groups in total. The number of fused-ring (bicyclic) bond motifs is 1. The molecule has 148 valence electrons. The zero-order valence-corrected chi connectivity index (χ0v) is 16.6. The molecule has 4 rings (SSSR count). The highest BCUT2D eigenvalue weighted by Gasteiger charge is 2.33. The number of hydrogen-bond donors (Lipinski definition) is 0. The molecular weight excluding hydrogens is 378 g/mol. The number of carbonyl (C=O) groups excluding carboxylic acids is 3. The highest BCUT2D eigenvalue weighted by Crippen LogP contribution is 2.27. The number of anilines is 1. The normalized spacial score (nSPS) is 21.6. The quantitative estimate of drug-likeness (QED) is 0.718. The van der Waals surface area contributed by atoms with Crippen molar-refractivity contribution in [3.8, 4) is 0 Å². The van der Waals surface area contributed by atoms with Crippen molar-refractivity contribution in [1.29, 1.82) is 0 Å². The highest BCUT2D eigenvalue weighted by atomic mass is 16.2. The topological polar surface area (TPSA) is 70.1 Å². The van der Waals surface area contributed by atoms with Gasteiger partial charge < -0.3 is 0 Å². The first-order chi connectivity index (χ1) is 14.5. The van der Waals surface area contributed by atoms with Crippen LogP contribution in [-0.2, 0) is 4.79 Å². The Morgan fingerprint density at radius 1 is 0.800 bits per heavy atom. The molecule has 0 spiro atoms. The van der Waals surface area contributed by atoms with Crippen LogP contribution >= 0.6 is 0 Å². The Hall–Kier alpha value is -4.06. The van der Waals surface area contributed by atoms with Crippen molar-refractivity contribution in [2.45, 2.75) is 6.92 Å². The van der Waals surface area contributed by atoms with Gasteiger partial charge in [0.2, 0.25) is 0 Å². The molecular formula is C24H19N3O3. The summed E-state index contributed by atoms with van der Waals surface area (Å²) >= 11 is 0. The lowest BCUT2D eigenvalue weighted by atomic mass is 10.1. The largest absolute Gasteiger partial charge is 0.282 e. The summed E-state index contributed by atoms with van der Waals surface area (Å²) in [6, 6.07) is 14.1. The van der Waals surface area contributed by atoms with Crippen LogP contribution in [0.2, 0.25) is 0 Å². The molecule has 0 aromatic heterocycles. The van der Waals surface area contributed by atoms with Crippen LogP contribution in [0.15, 0.2) is 89.6 Å². The molecule has 2 aliphatic rings. The lowest BCUT2D eigenvalue weighted by Gasteiger charge is -2.19. The first kappa shape index (κ1) is 19.3. The summed E-state index contributed by atoms with van der Waals surface area (Å²) in [5.74, 6) is -1.01. The Balaban J connectivity index is 1.80. The molecule has 2 heterocycles. The smallest absolute Gasteiger partial charge is 0.281 e. The molecule has 0 atom stereocenters. The number of amides is 3. The van der Waals surface area contributed by atoms with Crippen LogP contribution in [-0.4, -0.2) is 35.4 Å². The van der Waals surface area contributed by atoms with E-state index >= 15 is 0 Å². The van der Waals surface area contributed by atoms with Gasteiger partial charge in [0.15, 0.2) is 0 Å². The van der Waals surface area contributed by atoms with E-state index in [2.05, 4.69) is 4.99 Å². The molecule has 0 saturated carbocycles. The van der Waals surface area contributed by atoms with E-state index in [0.29, 0.717) is 28.1 Å². The summed E-state index contributed by atoms with van der Waals surface area (Å²) in [4.78, 5) is 45.0. The Labute approximate surface area is 174 Å². The maximum atomic E-state index is 13.4. The van der Waals surface area contributed by atoms with E-state index in [0.717, 1.165) is 4.90 Å². The van der Waals surface area contributed by atoms with Gasteiger partial charge >= 0.3 is 0 Å². The monoisotopic (exact) mass is 397 g/mol. The third kappa shape index (κ3) is 3.39. The van der Waals surface area contributed by atoms with Gasteiger partial charge in [-0.1, -0.05) is 36.4 Å². The minimum absolute atomic E-state index is 0.250. The van der Waals surface area contributed by atoms with Crippen molar-refractivity contribution >= 4 is 34.8 Å². The lowest BCUT2D eigenvalue weighted by molar-refractivity contribution is -0.111. The number of carbonyl (C=O) groups is 3. The third-order valence-corrected chi connectivity index (χ3v) is 4.95. The van der Waals surface area contributed by atoms with Crippen molar-refractivity contribution in [3.05, 3.63) is 95.7 Å². The SMILES string of the molecule is C\C1=C/C=C\C=C\N(c2ccccc2)C(=O)C1=Nc1ccc2c(c1)C(=O)N(C)C2=O. The molecule has 3 amide bonds. The Morgan fingerprint density at radius 3 is 2.30 bits per heavy atom. The van der Waals surface area contributed by atoms with E-state index in [4.69, 9.17) is 0 Å². The maximum absolute atomic E-state index is 13.4.